The van der Waals surface area contributed by atoms with Gasteiger partial charge in [0.15, 0.2) is 5.78 Å². The second kappa shape index (κ2) is 7.44. The molecule has 7 heteroatoms. The Bertz CT molecular complexity index is 1230. The summed E-state index contributed by atoms with van der Waals surface area (Å²) in [5.74, 6) is -2.11. The van der Waals surface area contributed by atoms with Gasteiger partial charge in [-0.3, -0.25) is 14.4 Å². The Kier molecular flexibility index (Phi) is 5.00. The molecule has 0 spiro atoms. The van der Waals surface area contributed by atoms with Crippen molar-refractivity contribution in [3.63, 3.8) is 0 Å². The summed E-state index contributed by atoms with van der Waals surface area (Å²) in [4.78, 5) is 44.5. The molecular formula is C26H24Cl2N2O3. The highest BCUT2D eigenvalue weighted by atomic mass is 35.5. The summed E-state index contributed by atoms with van der Waals surface area (Å²) in [5.41, 5.74) is 2.51. The molecule has 4 unspecified atom stereocenters. The molecule has 2 amide bonds. The summed E-state index contributed by atoms with van der Waals surface area (Å²) >= 11 is 12.3. The van der Waals surface area contributed by atoms with Crippen molar-refractivity contribution in [2.24, 2.45) is 17.3 Å². The van der Waals surface area contributed by atoms with Gasteiger partial charge >= 0.3 is 0 Å². The molecule has 0 aliphatic carbocycles. The molecule has 3 aliphatic rings. The minimum absolute atomic E-state index is 0.0621. The minimum Gasteiger partial charge on any atom is -0.353 e. The van der Waals surface area contributed by atoms with E-state index in [1.807, 2.05) is 50.8 Å². The molecule has 2 aromatic rings. The van der Waals surface area contributed by atoms with Crippen molar-refractivity contribution < 1.29 is 14.4 Å². The molecule has 0 saturated carbocycles. The Hall–Kier alpha value is -2.63. The molecule has 5 rings (SSSR count). The van der Waals surface area contributed by atoms with Crippen LogP contribution in [0.5, 0.6) is 0 Å². The number of allylic oxidation sites excluding steroid dienone is 1. The fraction of sp³-hybridized carbons (Fsp3) is 0.346. The number of amides is 2. The number of Topliss-reactive ketones (excluding diaryl/α,β-unsaturated/α-hetero) is 1. The fourth-order valence-corrected chi connectivity index (χ4v) is 5.70. The van der Waals surface area contributed by atoms with E-state index in [0.717, 1.165) is 16.8 Å². The topological polar surface area (TPSA) is 57.7 Å². The first-order valence-electron chi connectivity index (χ1n) is 10.9. The van der Waals surface area contributed by atoms with E-state index in [4.69, 9.17) is 23.2 Å². The van der Waals surface area contributed by atoms with Crippen LogP contribution in [0.1, 0.15) is 33.3 Å². The largest absolute Gasteiger partial charge is 0.353 e. The van der Waals surface area contributed by atoms with Gasteiger partial charge in [0.1, 0.15) is 6.04 Å². The molecule has 4 atom stereocenters. The van der Waals surface area contributed by atoms with Gasteiger partial charge in [0.05, 0.1) is 23.6 Å². The van der Waals surface area contributed by atoms with Crippen molar-refractivity contribution in [3.05, 3.63) is 64.1 Å². The number of rotatable bonds is 2. The van der Waals surface area contributed by atoms with Crippen molar-refractivity contribution >= 4 is 57.7 Å². The van der Waals surface area contributed by atoms with Crippen LogP contribution in [0.4, 0.5) is 11.4 Å². The van der Waals surface area contributed by atoms with Gasteiger partial charge < -0.3 is 4.90 Å². The molecule has 5 nitrogen and oxygen atoms in total. The van der Waals surface area contributed by atoms with Gasteiger partial charge in [0, 0.05) is 26.7 Å². The summed E-state index contributed by atoms with van der Waals surface area (Å²) in [6.07, 6.45) is 2.00. The Labute approximate surface area is 203 Å². The molecule has 33 heavy (non-hydrogen) atoms. The first-order chi connectivity index (χ1) is 15.5. The molecular weight excluding hydrogens is 459 g/mol. The van der Waals surface area contributed by atoms with Crippen LogP contribution in [-0.2, 0) is 14.4 Å². The standard InChI is InChI=1S/C26H24Cl2N2O3/c1-13-11-19-20-21(25(33)29(24(20)32)16-8-5-14(27)6-9-16)22(23(31)26(2,3)4)30(19)18-10-7-15(28)12-17(13)18/h5-12,19-22H,1-4H3. The summed E-state index contributed by atoms with van der Waals surface area (Å²) < 4.78 is 0. The van der Waals surface area contributed by atoms with Gasteiger partial charge in [-0.25, -0.2) is 4.90 Å². The van der Waals surface area contributed by atoms with Gasteiger partial charge in [0.2, 0.25) is 11.8 Å². The smallest absolute Gasteiger partial charge is 0.240 e. The van der Waals surface area contributed by atoms with E-state index in [1.165, 1.54) is 4.90 Å². The number of hydrogen-bond donors (Lipinski definition) is 0. The third-order valence-electron chi connectivity index (χ3n) is 6.90. The Morgan fingerprint density at radius 1 is 0.909 bits per heavy atom. The lowest BCUT2D eigenvalue weighted by molar-refractivity contribution is -0.132. The van der Waals surface area contributed by atoms with Crippen LogP contribution in [0.2, 0.25) is 10.0 Å². The van der Waals surface area contributed by atoms with Gasteiger partial charge in [-0.15, -0.1) is 0 Å². The SMILES string of the molecule is CC1=CC2C3C(=O)N(c4ccc(Cl)cc4)C(=O)C3C(C(=O)C(C)(C)C)N2c2ccc(Cl)cc21. The highest BCUT2D eigenvalue weighted by Gasteiger charge is 2.65. The Morgan fingerprint density at radius 3 is 2.15 bits per heavy atom. The molecule has 3 heterocycles. The van der Waals surface area contributed by atoms with Crippen LogP contribution in [-0.4, -0.2) is 29.7 Å². The average Bonchev–Trinajstić information content (AvgIpc) is 3.21. The van der Waals surface area contributed by atoms with E-state index in [9.17, 15) is 14.4 Å². The number of anilines is 2. The molecule has 2 fully saturated rings. The van der Waals surface area contributed by atoms with Crippen LogP contribution < -0.4 is 9.80 Å². The number of carbonyl (C=O) groups is 3. The zero-order valence-electron chi connectivity index (χ0n) is 18.8. The lowest BCUT2D eigenvalue weighted by Gasteiger charge is -2.39. The predicted molar refractivity (Wildman–Crippen MR) is 131 cm³/mol. The third-order valence-corrected chi connectivity index (χ3v) is 7.39. The predicted octanol–water partition coefficient (Wildman–Crippen LogP) is 5.39. The van der Waals surface area contributed by atoms with Gasteiger partial charge in [-0.1, -0.05) is 50.0 Å². The van der Waals surface area contributed by atoms with Crippen LogP contribution in [0.3, 0.4) is 0 Å². The van der Waals surface area contributed by atoms with Crippen molar-refractivity contribution in [1.29, 1.82) is 0 Å². The molecule has 0 aromatic heterocycles. The zero-order chi connectivity index (χ0) is 23.8. The van der Waals surface area contributed by atoms with Gasteiger partial charge in [-0.2, -0.15) is 0 Å². The number of halogens is 2. The maximum Gasteiger partial charge on any atom is 0.240 e. The van der Waals surface area contributed by atoms with E-state index in [1.54, 1.807) is 30.3 Å². The highest BCUT2D eigenvalue weighted by molar-refractivity contribution is 6.31. The second-order valence-corrected chi connectivity index (χ2v) is 10.9. The molecule has 2 aromatic carbocycles. The number of fused-ring (bicyclic) bond motifs is 5. The lowest BCUT2D eigenvalue weighted by atomic mass is 9.79. The van der Waals surface area contributed by atoms with Crippen molar-refractivity contribution in [2.75, 3.05) is 9.80 Å². The maximum atomic E-state index is 13.8. The Morgan fingerprint density at radius 2 is 1.52 bits per heavy atom. The number of hydrogen-bond acceptors (Lipinski definition) is 4. The quantitative estimate of drug-likeness (QED) is 0.538. The van der Waals surface area contributed by atoms with E-state index in [2.05, 4.69) is 0 Å². The maximum absolute atomic E-state index is 13.8. The summed E-state index contributed by atoms with van der Waals surface area (Å²) in [7, 11) is 0. The van der Waals surface area contributed by atoms with E-state index < -0.39 is 29.3 Å². The van der Waals surface area contributed by atoms with Crippen molar-refractivity contribution in [1.82, 2.24) is 0 Å². The number of nitrogens with zero attached hydrogens (tertiary/aromatic N) is 2. The number of carbonyl (C=O) groups excluding carboxylic acids is 3. The van der Waals surface area contributed by atoms with E-state index in [-0.39, 0.29) is 17.6 Å². The molecule has 0 N–H and O–H groups in total. The van der Waals surface area contributed by atoms with Crippen LogP contribution in [0, 0.1) is 17.3 Å². The molecule has 170 valence electrons. The fourth-order valence-electron chi connectivity index (χ4n) is 5.40. The monoisotopic (exact) mass is 482 g/mol. The normalized spacial score (nSPS) is 26.2. The summed E-state index contributed by atoms with van der Waals surface area (Å²) in [6.45, 7) is 7.52. The zero-order valence-corrected chi connectivity index (χ0v) is 20.3. The summed E-state index contributed by atoms with van der Waals surface area (Å²) in [5, 5.41) is 1.12. The molecule has 0 bridgehead atoms. The third kappa shape index (κ3) is 3.24. The minimum atomic E-state index is -0.768. The van der Waals surface area contributed by atoms with Crippen LogP contribution >= 0.6 is 23.2 Å². The van der Waals surface area contributed by atoms with E-state index >= 15 is 0 Å². The Balaban J connectivity index is 1.68. The highest BCUT2D eigenvalue weighted by Crippen LogP contribution is 2.52. The summed E-state index contributed by atoms with van der Waals surface area (Å²) in [6, 6.07) is 11.0. The van der Waals surface area contributed by atoms with Crippen LogP contribution in [0.25, 0.3) is 5.57 Å². The van der Waals surface area contributed by atoms with E-state index in [0.29, 0.717) is 15.7 Å². The van der Waals surface area contributed by atoms with Crippen molar-refractivity contribution in [3.8, 4) is 0 Å². The lowest BCUT2D eigenvalue weighted by Crippen LogP contribution is -2.51. The number of imide groups is 1. The van der Waals surface area contributed by atoms with Gasteiger partial charge in [-0.05, 0) is 55.0 Å². The molecule has 2 saturated heterocycles. The number of ketones is 1. The van der Waals surface area contributed by atoms with Gasteiger partial charge in [0.25, 0.3) is 0 Å². The second-order valence-electron chi connectivity index (χ2n) is 10.0. The van der Waals surface area contributed by atoms with Crippen LogP contribution in [0.15, 0.2) is 48.5 Å². The molecule has 0 radical (unpaired) electrons. The average molecular weight is 483 g/mol. The first-order valence-corrected chi connectivity index (χ1v) is 11.7. The molecule has 3 aliphatic heterocycles. The van der Waals surface area contributed by atoms with Crippen molar-refractivity contribution in [2.45, 2.75) is 39.8 Å². The first kappa shape index (κ1) is 22.2. The number of benzene rings is 2.